The number of fused-ring (bicyclic) bond motifs is 3. The maximum absolute atomic E-state index is 14.5. The monoisotopic (exact) mass is 478 g/mol. The fraction of sp³-hybridized carbons (Fsp3) is 0.719. The fourth-order valence-electron chi connectivity index (χ4n) is 9.26. The van der Waals surface area contributed by atoms with Gasteiger partial charge in [0.15, 0.2) is 5.78 Å². The van der Waals surface area contributed by atoms with Crippen LogP contribution in [0.1, 0.15) is 114 Å². The number of benzene rings is 1. The molecule has 0 heterocycles. The lowest BCUT2D eigenvalue weighted by Crippen LogP contribution is -2.66. The van der Waals surface area contributed by atoms with Gasteiger partial charge in [-0.3, -0.25) is 14.4 Å². The van der Waals surface area contributed by atoms with E-state index in [1.165, 1.54) is 16.7 Å². The lowest BCUT2D eigenvalue weighted by Gasteiger charge is -2.66. The number of hydrogen-bond acceptors (Lipinski definition) is 3. The number of rotatable bonds is 5. The van der Waals surface area contributed by atoms with Crippen molar-refractivity contribution in [1.82, 2.24) is 0 Å². The molecular formula is C32H46O3. The van der Waals surface area contributed by atoms with E-state index in [9.17, 15) is 14.4 Å². The first-order valence-corrected chi connectivity index (χ1v) is 14.0. The Kier molecular flexibility index (Phi) is 6.51. The average Bonchev–Trinajstić information content (AvgIpc) is 2.73. The Morgan fingerprint density at radius 2 is 1.63 bits per heavy atom. The minimum absolute atomic E-state index is 0.0177. The molecule has 0 radical (unpaired) electrons. The molecule has 35 heavy (non-hydrogen) atoms. The van der Waals surface area contributed by atoms with Crippen molar-refractivity contribution in [2.24, 2.45) is 39.9 Å². The van der Waals surface area contributed by atoms with Crippen molar-refractivity contribution in [2.45, 2.75) is 107 Å². The summed E-state index contributed by atoms with van der Waals surface area (Å²) < 4.78 is 0. The van der Waals surface area contributed by atoms with Gasteiger partial charge in [0.25, 0.3) is 0 Å². The molecule has 3 heteroatoms. The van der Waals surface area contributed by atoms with E-state index in [2.05, 4.69) is 61.5 Å². The van der Waals surface area contributed by atoms with Gasteiger partial charge in [-0.2, -0.15) is 0 Å². The molecule has 2 saturated carbocycles. The summed E-state index contributed by atoms with van der Waals surface area (Å²) >= 11 is 0. The largest absolute Gasteiger partial charge is 0.299 e. The highest BCUT2D eigenvalue weighted by atomic mass is 16.2. The molecule has 0 saturated heterocycles. The number of ketones is 3. The minimum Gasteiger partial charge on any atom is -0.299 e. The zero-order valence-electron chi connectivity index (χ0n) is 23.6. The van der Waals surface area contributed by atoms with Crippen LogP contribution >= 0.6 is 0 Å². The molecule has 3 aliphatic rings. The summed E-state index contributed by atoms with van der Waals surface area (Å²) in [7, 11) is 0. The number of carbonyl (C=O) groups excluding carboxylic acids is 3. The Balaban J connectivity index is 1.91. The van der Waals surface area contributed by atoms with E-state index in [-0.39, 0.29) is 45.9 Å². The highest BCUT2D eigenvalue weighted by Gasteiger charge is 2.69. The topological polar surface area (TPSA) is 51.2 Å². The summed E-state index contributed by atoms with van der Waals surface area (Å²) in [6, 6.07) is 2.39. The van der Waals surface area contributed by atoms with E-state index >= 15 is 0 Å². The molecule has 0 bridgehead atoms. The van der Waals surface area contributed by atoms with E-state index in [4.69, 9.17) is 0 Å². The van der Waals surface area contributed by atoms with Crippen molar-refractivity contribution in [3.63, 3.8) is 0 Å². The predicted octanol–water partition coefficient (Wildman–Crippen LogP) is 7.13. The highest BCUT2D eigenvalue weighted by molar-refractivity contribution is 6.07. The molecule has 0 aliphatic heterocycles. The molecule has 0 amide bonds. The number of hydrogen-bond donors (Lipinski definition) is 0. The third-order valence-electron chi connectivity index (χ3n) is 10.8. The van der Waals surface area contributed by atoms with E-state index in [1.54, 1.807) is 6.92 Å². The Morgan fingerprint density at radius 3 is 2.20 bits per heavy atom. The van der Waals surface area contributed by atoms with Crippen LogP contribution in [-0.4, -0.2) is 17.3 Å². The molecule has 4 rings (SSSR count). The molecule has 3 nitrogen and oxygen atoms in total. The van der Waals surface area contributed by atoms with Gasteiger partial charge in [0.1, 0.15) is 11.6 Å². The molecule has 192 valence electrons. The Hall–Kier alpha value is -1.77. The summed E-state index contributed by atoms with van der Waals surface area (Å²) in [6.07, 6.45) is 6.77. The number of aryl methyl sites for hydroxylation is 2. The molecule has 2 fully saturated rings. The summed E-state index contributed by atoms with van der Waals surface area (Å²) in [4.78, 5) is 41.2. The minimum atomic E-state index is -0.672. The third-order valence-corrected chi connectivity index (χ3v) is 10.8. The fourth-order valence-corrected chi connectivity index (χ4v) is 9.26. The van der Waals surface area contributed by atoms with Gasteiger partial charge in [-0.05, 0) is 90.9 Å². The SMILES string of the molecule is CCCc1cc(CCC)c2c(c1C)C(=O)C1C(C)C3(C)C(=O)C(C(C)=O)C(C)CC3(C)CC1(C)C2. The van der Waals surface area contributed by atoms with Crippen LogP contribution < -0.4 is 0 Å². The van der Waals surface area contributed by atoms with Crippen molar-refractivity contribution in [3.8, 4) is 0 Å². The highest BCUT2D eigenvalue weighted by Crippen LogP contribution is 2.69. The second-order valence-electron chi connectivity index (χ2n) is 13.2. The molecule has 7 atom stereocenters. The first-order chi connectivity index (χ1) is 16.3. The van der Waals surface area contributed by atoms with Crippen LogP contribution in [0.25, 0.3) is 0 Å². The van der Waals surface area contributed by atoms with Gasteiger partial charge in [0.2, 0.25) is 0 Å². The molecule has 1 aromatic carbocycles. The smallest absolute Gasteiger partial charge is 0.167 e. The maximum Gasteiger partial charge on any atom is 0.167 e. The van der Waals surface area contributed by atoms with Crippen LogP contribution in [0.5, 0.6) is 0 Å². The van der Waals surface area contributed by atoms with Crippen LogP contribution in [0.4, 0.5) is 0 Å². The molecular weight excluding hydrogens is 432 g/mol. The van der Waals surface area contributed by atoms with Crippen LogP contribution in [0.15, 0.2) is 6.07 Å². The van der Waals surface area contributed by atoms with Crippen molar-refractivity contribution >= 4 is 17.3 Å². The van der Waals surface area contributed by atoms with Gasteiger partial charge in [-0.15, -0.1) is 0 Å². The van der Waals surface area contributed by atoms with Gasteiger partial charge in [0.05, 0.1) is 5.92 Å². The van der Waals surface area contributed by atoms with E-state index in [1.807, 2.05) is 0 Å². The standard InChI is InChI=1S/C32H46O3/c1-10-12-22-14-23(13-11-2)24-16-30(7)17-31(8)15-18(3)25(21(6)33)29(35)32(31,9)20(5)27(30)28(34)26(24)19(22)4/h14,18,20,25,27H,10-13,15-17H2,1-9H3. The maximum atomic E-state index is 14.5. The van der Waals surface area contributed by atoms with Crippen molar-refractivity contribution in [1.29, 1.82) is 0 Å². The summed E-state index contributed by atoms with van der Waals surface area (Å²) in [5.41, 5.74) is 5.00. The normalized spacial score (nSPS) is 38.5. The van der Waals surface area contributed by atoms with Crippen LogP contribution in [0, 0.1) is 46.8 Å². The summed E-state index contributed by atoms with van der Waals surface area (Å²) in [6.45, 7) is 19.0. The zero-order valence-corrected chi connectivity index (χ0v) is 23.6. The van der Waals surface area contributed by atoms with Crippen molar-refractivity contribution in [3.05, 3.63) is 33.9 Å². The van der Waals surface area contributed by atoms with Gasteiger partial charge < -0.3 is 0 Å². The molecule has 0 aromatic heterocycles. The number of Topliss-reactive ketones (excluding diaryl/α,β-unsaturated/α-hetero) is 3. The van der Waals surface area contributed by atoms with Crippen molar-refractivity contribution < 1.29 is 14.4 Å². The lowest BCUT2D eigenvalue weighted by atomic mass is 9.36. The number of carbonyl (C=O) groups is 3. The molecule has 0 spiro atoms. The van der Waals surface area contributed by atoms with Gasteiger partial charge in [-0.1, -0.05) is 67.4 Å². The van der Waals surface area contributed by atoms with Gasteiger partial charge in [-0.25, -0.2) is 0 Å². The Bertz CT molecular complexity index is 1080. The van der Waals surface area contributed by atoms with Crippen molar-refractivity contribution in [2.75, 3.05) is 0 Å². The van der Waals surface area contributed by atoms with Crippen LogP contribution in [0.3, 0.4) is 0 Å². The van der Waals surface area contributed by atoms with Gasteiger partial charge in [0, 0.05) is 16.9 Å². The third kappa shape index (κ3) is 3.54. The summed E-state index contributed by atoms with van der Waals surface area (Å²) in [5, 5.41) is 0. The molecule has 1 aromatic rings. The lowest BCUT2D eigenvalue weighted by molar-refractivity contribution is -0.182. The second kappa shape index (κ2) is 8.67. The predicted molar refractivity (Wildman–Crippen MR) is 142 cm³/mol. The van der Waals surface area contributed by atoms with Crippen LogP contribution in [-0.2, 0) is 28.9 Å². The zero-order chi connectivity index (χ0) is 26.1. The average molecular weight is 479 g/mol. The first kappa shape index (κ1) is 26.3. The second-order valence-corrected chi connectivity index (χ2v) is 13.2. The summed E-state index contributed by atoms with van der Waals surface area (Å²) in [5.74, 6) is -0.464. The van der Waals surface area contributed by atoms with E-state index in [0.29, 0.717) is 0 Å². The van der Waals surface area contributed by atoms with Crippen LogP contribution in [0.2, 0.25) is 0 Å². The van der Waals surface area contributed by atoms with E-state index in [0.717, 1.165) is 56.1 Å². The van der Waals surface area contributed by atoms with Gasteiger partial charge >= 0.3 is 0 Å². The Labute approximate surface area is 212 Å². The molecule has 7 unspecified atom stereocenters. The first-order valence-electron chi connectivity index (χ1n) is 14.0. The molecule has 3 aliphatic carbocycles. The van der Waals surface area contributed by atoms with E-state index < -0.39 is 11.3 Å². The molecule has 0 N–H and O–H groups in total. The Morgan fingerprint density at radius 1 is 1.03 bits per heavy atom. The quantitative estimate of drug-likeness (QED) is 0.423.